The van der Waals surface area contributed by atoms with Crippen molar-refractivity contribution in [2.24, 2.45) is 11.7 Å². The zero-order valence-electron chi connectivity index (χ0n) is 18.9. The van der Waals surface area contributed by atoms with Crippen molar-refractivity contribution >= 4 is 35.9 Å². The summed E-state index contributed by atoms with van der Waals surface area (Å²) in [5.74, 6) is -4.27. The van der Waals surface area contributed by atoms with E-state index < -0.39 is 54.3 Å². The molecule has 0 unspecified atom stereocenters. The Morgan fingerprint density at radius 1 is 1.09 bits per heavy atom. The zero-order chi connectivity index (χ0) is 25.1. The quantitative estimate of drug-likeness (QED) is 0.215. The molecule has 1 aliphatic heterocycles. The third kappa shape index (κ3) is 8.79. The van der Waals surface area contributed by atoms with E-state index in [9.17, 15) is 28.8 Å². The largest absolute Gasteiger partial charge is 0.481 e. The molecule has 1 heterocycles. The highest BCUT2D eigenvalue weighted by molar-refractivity contribution is 5.94. The molecule has 0 aromatic rings. The summed E-state index contributed by atoms with van der Waals surface area (Å²) >= 11 is 0. The average molecular weight is 470 g/mol. The van der Waals surface area contributed by atoms with Crippen molar-refractivity contribution in [2.45, 2.75) is 83.0 Å². The second-order valence-corrected chi connectivity index (χ2v) is 8.21. The summed E-state index contributed by atoms with van der Waals surface area (Å²) in [4.78, 5) is 72.5. The van der Waals surface area contributed by atoms with Crippen molar-refractivity contribution in [1.82, 2.24) is 15.5 Å². The first-order valence-corrected chi connectivity index (χ1v) is 11.0. The van der Waals surface area contributed by atoms with Gasteiger partial charge in [-0.25, -0.2) is 0 Å². The predicted octanol–water partition coefficient (Wildman–Crippen LogP) is -0.840. The molecule has 0 aromatic carbocycles. The Kier molecular flexibility index (Phi) is 11.5. The van der Waals surface area contributed by atoms with Gasteiger partial charge in [0.1, 0.15) is 12.1 Å². The fourth-order valence-electron chi connectivity index (χ4n) is 3.50. The Bertz CT molecular complexity index is 744. The molecule has 0 aliphatic carbocycles. The van der Waals surface area contributed by atoms with Gasteiger partial charge in [0, 0.05) is 19.4 Å². The number of nitrogens with one attached hydrogen (secondary N) is 2. The van der Waals surface area contributed by atoms with E-state index >= 15 is 0 Å². The normalized spacial score (nSPS) is 19.1. The van der Waals surface area contributed by atoms with E-state index in [-0.39, 0.29) is 31.1 Å². The molecule has 33 heavy (non-hydrogen) atoms. The smallest absolute Gasteiger partial charge is 0.303 e. The Morgan fingerprint density at radius 2 is 1.70 bits per heavy atom. The fraction of sp³-hybridized carbons (Fsp3) is 0.714. The molecule has 5 atom stereocenters. The molecule has 6 N–H and O–H groups in total. The van der Waals surface area contributed by atoms with Gasteiger partial charge < -0.3 is 31.5 Å². The highest BCUT2D eigenvalue weighted by Gasteiger charge is 2.38. The lowest BCUT2D eigenvalue weighted by atomic mass is 9.98. The SMILES string of the molecule is CC[C@H](C)[C@H](N)C(=O)N1CCC[C@H]1C(=O)N[C@@H](CCC(=O)O)C(=O)N[C@H]([C]=O)CCC(=O)O. The summed E-state index contributed by atoms with van der Waals surface area (Å²) in [5.41, 5.74) is 6.03. The average Bonchev–Trinajstić information content (AvgIpc) is 3.27. The van der Waals surface area contributed by atoms with Crippen LogP contribution in [0.2, 0.25) is 0 Å². The van der Waals surface area contributed by atoms with Gasteiger partial charge >= 0.3 is 11.9 Å². The van der Waals surface area contributed by atoms with E-state index in [0.717, 1.165) is 0 Å². The van der Waals surface area contributed by atoms with Crippen LogP contribution in [-0.4, -0.2) is 81.8 Å². The van der Waals surface area contributed by atoms with E-state index in [1.54, 1.807) is 0 Å². The number of carbonyl (C=O) groups is 5. The molecule has 1 saturated heterocycles. The highest BCUT2D eigenvalue weighted by Crippen LogP contribution is 2.21. The van der Waals surface area contributed by atoms with E-state index in [1.807, 2.05) is 13.8 Å². The van der Waals surface area contributed by atoms with Gasteiger partial charge in [-0.1, -0.05) is 20.3 Å². The first kappa shape index (κ1) is 28.0. The number of rotatable bonds is 14. The molecular weight excluding hydrogens is 436 g/mol. The minimum atomic E-state index is -1.30. The van der Waals surface area contributed by atoms with Gasteiger partial charge in [-0.15, -0.1) is 0 Å². The molecule has 0 aromatic heterocycles. The van der Waals surface area contributed by atoms with Gasteiger partial charge in [0.25, 0.3) is 0 Å². The second kappa shape index (κ2) is 13.5. The van der Waals surface area contributed by atoms with Gasteiger partial charge in [-0.2, -0.15) is 0 Å². The summed E-state index contributed by atoms with van der Waals surface area (Å²) in [5, 5.41) is 22.5. The number of hydrogen-bond donors (Lipinski definition) is 5. The molecule has 12 heteroatoms. The summed E-state index contributed by atoms with van der Waals surface area (Å²) in [6.45, 7) is 4.08. The minimum Gasteiger partial charge on any atom is -0.481 e. The van der Waals surface area contributed by atoms with Gasteiger partial charge in [0.05, 0.1) is 12.1 Å². The lowest BCUT2D eigenvalue weighted by Gasteiger charge is -2.30. The van der Waals surface area contributed by atoms with Crippen LogP contribution in [0.25, 0.3) is 0 Å². The molecule has 1 radical (unpaired) electrons. The van der Waals surface area contributed by atoms with Crippen molar-refractivity contribution in [1.29, 1.82) is 0 Å². The standard InChI is InChI=1S/C21H33N4O8/c1-3-12(2)18(22)21(33)25-10-4-5-15(25)20(32)24-14(7-9-17(29)30)19(31)23-13(11-26)6-8-16(27)28/h12-15,18H,3-10,22H2,1-2H3,(H,23,31)(H,24,32)(H,27,28)(H,29,30)/t12-,13-,14-,15-,18-/m0/s1. The number of aliphatic carboxylic acids is 2. The number of nitrogens with two attached hydrogens (primary N) is 1. The number of amides is 3. The van der Waals surface area contributed by atoms with Crippen LogP contribution < -0.4 is 16.4 Å². The monoisotopic (exact) mass is 469 g/mol. The van der Waals surface area contributed by atoms with Crippen LogP contribution in [-0.2, 0) is 28.8 Å². The number of carboxylic acids is 2. The Morgan fingerprint density at radius 3 is 2.24 bits per heavy atom. The van der Waals surface area contributed by atoms with Gasteiger partial charge in [0.2, 0.25) is 24.0 Å². The van der Waals surface area contributed by atoms with Crippen LogP contribution in [0.15, 0.2) is 0 Å². The molecule has 12 nitrogen and oxygen atoms in total. The molecule has 3 amide bonds. The third-order valence-corrected chi connectivity index (χ3v) is 5.77. The van der Waals surface area contributed by atoms with Crippen molar-refractivity contribution in [3.05, 3.63) is 0 Å². The molecule has 0 saturated carbocycles. The summed E-state index contributed by atoms with van der Waals surface area (Å²) in [6, 6.07) is -4.15. The number of likely N-dealkylation sites (tertiary alicyclic amines) is 1. The van der Waals surface area contributed by atoms with Crippen LogP contribution >= 0.6 is 0 Å². The summed E-state index contributed by atoms with van der Waals surface area (Å²) in [7, 11) is 0. The molecule has 1 fully saturated rings. The lowest BCUT2D eigenvalue weighted by Crippen LogP contribution is -2.56. The lowest BCUT2D eigenvalue weighted by molar-refractivity contribution is -0.141. The van der Waals surface area contributed by atoms with E-state index in [1.165, 1.54) is 11.2 Å². The van der Waals surface area contributed by atoms with Crippen LogP contribution in [0.5, 0.6) is 0 Å². The van der Waals surface area contributed by atoms with Crippen LogP contribution in [0.3, 0.4) is 0 Å². The Balaban J connectivity index is 2.91. The molecular formula is C21H33N4O8. The first-order valence-electron chi connectivity index (χ1n) is 11.0. The van der Waals surface area contributed by atoms with Gasteiger partial charge in [0.15, 0.2) is 0 Å². The van der Waals surface area contributed by atoms with Gasteiger partial charge in [-0.05, 0) is 31.6 Å². The van der Waals surface area contributed by atoms with Gasteiger partial charge in [-0.3, -0.25) is 28.8 Å². The van der Waals surface area contributed by atoms with Crippen molar-refractivity contribution < 1.29 is 39.0 Å². The van der Waals surface area contributed by atoms with Crippen molar-refractivity contribution in [3.8, 4) is 0 Å². The van der Waals surface area contributed by atoms with E-state index in [4.69, 9.17) is 15.9 Å². The van der Waals surface area contributed by atoms with Crippen molar-refractivity contribution in [3.63, 3.8) is 0 Å². The number of nitrogens with zero attached hydrogens (tertiary/aromatic N) is 1. The number of carbonyl (C=O) groups excluding carboxylic acids is 4. The molecule has 1 rings (SSSR count). The Hall–Kier alpha value is -3.02. The minimum absolute atomic E-state index is 0.0850. The maximum atomic E-state index is 12.9. The van der Waals surface area contributed by atoms with Crippen LogP contribution in [0.1, 0.15) is 58.8 Å². The molecule has 0 bridgehead atoms. The van der Waals surface area contributed by atoms with Crippen LogP contribution in [0, 0.1) is 5.92 Å². The van der Waals surface area contributed by atoms with E-state index in [0.29, 0.717) is 25.8 Å². The maximum Gasteiger partial charge on any atom is 0.303 e. The second-order valence-electron chi connectivity index (χ2n) is 8.21. The third-order valence-electron chi connectivity index (χ3n) is 5.77. The molecule has 185 valence electrons. The predicted molar refractivity (Wildman–Crippen MR) is 115 cm³/mol. The summed E-state index contributed by atoms with van der Waals surface area (Å²) < 4.78 is 0. The Labute approximate surface area is 192 Å². The first-order chi connectivity index (χ1) is 15.5. The number of hydrogen-bond acceptors (Lipinski definition) is 7. The topological polar surface area (TPSA) is 196 Å². The van der Waals surface area contributed by atoms with Crippen molar-refractivity contribution in [2.75, 3.05) is 6.54 Å². The summed E-state index contributed by atoms with van der Waals surface area (Å²) in [6.07, 6.45) is 1.86. The fourth-order valence-corrected chi connectivity index (χ4v) is 3.50. The zero-order valence-corrected chi connectivity index (χ0v) is 18.9. The number of carboxylic acid groups (broad SMARTS) is 2. The van der Waals surface area contributed by atoms with Crippen LogP contribution in [0.4, 0.5) is 0 Å². The molecule has 0 spiro atoms. The molecule has 1 aliphatic rings. The maximum absolute atomic E-state index is 12.9. The van der Waals surface area contributed by atoms with E-state index in [2.05, 4.69) is 10.6 Å². The highest BCUT2D eigenvalue weighted by atomic mass is 16.4.